The maximum atomic E-state index is 11.8. The molecule has 1 heterocycles. The molecule has 0 unspecified atom stereocenters. The average Bonchev–Trinajstić information content (AvgIpc) is 2.77. The van der Waals surface area contributed by atoms with Gasteiger partial charge in [0.25, 0.3) is 0 Å². The highest BCUT2D eigenvalue weighted by Crippen LogP contribution is 2.13. The second kappa shape index (κ2) is 7.62. The maximum absolute atomic E-state index is 11.8. The third kappa shape index (κ3) is 4.64. The van der Waals surface area contributed by atoms with Crippen LogP contribution in [0.2, 0.25) is 0 Å². The Hall–Kier alpha value is -1.92. The van der Waals surface area contributed by atoms with Crippen molar-refractivity contribution < 1.29 is 9.59 Å². The minimum atomic E-state index is -0.145. The molecule has 0 aliphatic rings. The van der Waals surface area contributed by atoms with Gasteiger partial charge < -0.3 is 15.8 Å². The van der Waals surface area contributed by atoms with Crippen molar-refractivity contribution in [2.75, 3.05) is 11.1 Å². The number of thiazole rings is 1. The van der Waals surface area contributed by atoms with E-state index in [1.165, 1.54) is 11.3 Å². The van der Waals surface area contributed by atoms with E-state index in [1.54, 1.807) is 17.5 Å². The van der Waals surface area contributed by atoms with Gasteiger partial charge in [0.05, 0.1) is 12.1 Å². The largest absolute Gasteiger partial charge is 0.375 e. The van der Waals surface area contributed by atoms with Gasteiger partial charge in [0.15, 0.2) is 5.13 Å². The lowest BCUT2D eigenvalue weighted by molar-refractivity contribution is -0.115. The quantitative estimate of drug-likeness (QED) is 0.828. The van der Waals surface area contributed by atoms with Crippen LogP contribution in [0.3, 0.4) is 0 Å². The van der Waals surface area contributed by atoms with Gasteiger partial charge >= 0.3 is 0 Å². The van der Waals surface area contributed by atoms with E-state index < -0.39 is 0 Å². The van der Waals surface area contributed by atoms with Crippen LogP contribution in [0, 0.1) is 0 Å². The van der Waals surface area contributed by atoms with Crippen LogP contribution < -0.4 is 11.1 Å². The summed E-state index contributed by atoms with van der Waals surface area (Å²) in [5, 5.41) is 4.99. The molecule has 0 bridgehead atoms. The van der Waals surface area contributed by atoms with Crippen molar-refractivity contribution in [2.45, 2.75) is 12.8 Å². The van der Waals surface area contributed by atoms with Gasteiger partial charge in [0, 0.05) is 17.5 Å². The number of hydrogen-bond donors (Lipinski definition) is 2. The molecule has 0 fully saturated rings. The van der Waals surface area contributed by atoms with Gasteiger partial charge in [0.2, 0.25) is 5.91 Å². The molecule has 1 aromatic carbocycles. The number of nitrogens with zero attached hydrogens (tertiary/aromatic N) is 1. The fourth-order valence-electron chi connectivity index (χ4n) is 1.59. The van der Waals surface area contributed by atoms with Crippen LogP contribution in [0.5, 0.6) is 0 Å². The summed E-state index contributed by atoms with van der Waals surface area (Å²) >= 11 is 1.31. The van der Waals surface area contributed by atoms with Gasteiger partial charge in [-0.3, -0.25) is 4.79 Å². The SMILES string of the molecule is Cl.Nc1nc(CC(=O)Nc2ccc(CC=O)cc2)cs1. The molecule has 5 nitrogen and oxygen atoms in total. The lowest BCUT2D eigenvalue weighted by atomic mass is 10.1. The number of nitrogen functional groups attached to an aromatic ring is 1. The van der Waals surface area contributed by atoms with Crippen LogP contribution >= 0.6 is 23.7 Å². The van der Waals surface area contributed by atoms with Gasteiger partial charge in [-0.1, -0.05) is 12.1 Å². The Labute approximate surface area is 126 Å². The molecule has 3 N–H and O–H groups in total. The number of rotatable bonds is 5. The first-order valence-corrected chi connectivity index (χ1v) is 6.57. The van der Waals surface area contributed by atoms with Crippen LogP contribution in [0.1, 0.15) is 11.3 Å². The number of benzene rings is 1. The Bertz CT molecular complexity index is 584. The zero-order valence-electron chi connectivity index (χ0n) is 10.5. The van der Waals surface area contributed by atoms with E-state index in [0.717, 1.165) is 11.8 Å². The first kappa shape index (κ1) is 16.1. The van der Waals surface area contributed by atoms with Crippen LogP contribution in [-0.4, -0.2) is 17.2 Å². The smallest absolute Gasteiger partial charge is 0.230 e. The summed E-state index contributed by atoms with van der Waals surface area (Å²) in [6.07, 6.45) is 1.43. The highest BCUT2D eigenvalue weighted by molar-refractivity contribution is 7.13. The number of anilines is 2. The fourth-order valence-corrected chi connectivity index (χ4v) is 2.16. The van der Waals surface area contributed by atoms with Gasteiger partial charge in [-0.15, -0.1) is 23.7 Å². The second-order valence-corrected chi connectivity index (χ2v) is 4.86. The number of halogens is 1. The molecule has 0 aliphatic heterocycles. The van der Waals surface area contributed by atoms with Gasteiger partial charge in [-0.25, -0.2) is 4.98 Å². The highest BCUT2D eigenvalue weighted by Gasteiger charge is 2.07. The minimum Gasteiger partial charge on any atom is -0.375 e. The Kier molecular flexibility index (Phi) is 6.14. The molecule has 106 valence electrons. The van der Waals surface area contributed by atoms with E-state index in [1.807, 2.05) is 12.1 Å². The number of hydrogen-bond acceptors (Lipinski definition) is 5. The lowest BCUT2D eigenvalue weighted by Crippen LogP contribution is -2.14. The Morgan fingerprint density at radius 2 is 2.05 bits per heavy atom. The van der Waals surface area contributed by atoms with E-state index >= 15 is 0 Å². The zero-order chi connectivity index (χ0) is 13.7. The number of aldehydes is 1. The van der Waals surface area contributed by atoms with E-state index in [2.05, 4.69) is 10.3 Å². The number of carbonyl (C=O) groups is 2. The summed E-state index contributed by atoms with van der Waals surface area (Å²) < 4.78 is 0. The topological polar surface area (TPSA) is 85.1 Å². The third-order valence-electron chi connectivity index (χ3n) is 2.47. The van der Waals surface area contributed by atoms with Crippen LogP contribution in [0.25, 0.3) is 0 Å². The van der Waals surface area contributed by atoms with Crippen molar-refractivity contribution in [2.24, 2.45) is 0 Å². The minimum absolute atomic E-state index is 0. The van der Waals surface area contributed by atoms with Gasteiger partial charge in [-0.05, 0) is 17.7 Å². The molecule has 0 atom stereocenters. The number of nitrogens with two attached hydrogens (primary N) is 1. The molecule has 0 saturated carbocycles. The molecule has 1 aromatic heterocycles. The van der Waals surface area contributed by atoms with Crippen molar-refractivity contribution in [1.29, 1.82) is 0 Å². The van der Waals surface area contributed by atoms with Gasteiger partial charge in [-0.2, -0.15) is 0 Å². The predicted octanol–water partition coefficient (Wildman–Crippen LogP) is 2.07. The predicted molar refractivity (Wildman–Crippen MR) is 82.3 cm³/mol. The van der Waals surface area contributed by atoms with Crippen molar-refractivity contribution >= 4 is 46.8 Å². The number of amides is 1. The first-order valence-electron chi connectivity index (χ1n) is 5.69. The highest BCUT2D eigenvalue weighted by atomic mass is 35.5. The summed E-state index contributed by atoms with van der Waals surface area (Å²) in [4.78, 5) is 26.1. The molecule has 2 rings (SSSR count). The average molecular weight is 312 g/mol. The molecule has 0 aliphatic carbocycles. The molecule has 0 spiro atoms. The molecule has 1 amide bonds. The summed E-state index contributed by atoms with van der Waals surface area (Å²) in [6, 6.07) is 7.16. The molecule has 7 heteroatoms. The zero-order valence-corrected chi connectivity index (χ0v) is 12.2. The van der Waals surface area contributed by atoms with Crippen LogP contribution in [-0.2, 0) is 22.4 Å². The summed E-state index contributed by atoms with van der Waals surface area (Å²) in [7, 11) is 0. The summed E-state index contributed by atoms with van der Waals surface area (Å²) in [6.45, 7) is 0. The first-order chi connectivity index (χ1) is 9.17. The number of aromatic nitrogens is 1. The van der Waals surface area contributed by atoms with Crippen molar-refractivity contribution in [3.63, 3.8) is 0 Å². The summed E-state index contributed by atoms with van der Waals surface area (Å²) in [5.74, 6) is -0.145. The van der Waals surface area contributed by atoms with E-state index in [0.29, 0.717) is 22.9 Å². The van der Waals surface area contributed by atoms with E-state index in [4.69, 9.17) is 5.73 Å². The molecule has 0 saturated heterocycles. The van der Waals surface area contributed by atoms with Crippen LogP contribution in [0.4, 0.5) is 10.8 Å². The second-order valence-electron chi connectivity index (χ2n) is 3.97. The molecule has 0 radical (unpaired) electrons. The van der Waals surface area contributed by atoms with E-state index in [-0.39, 0.29) is 24.7 Å². The molecular weight excluding hydrogens is 298 g/mol. The Balaban J connectivity index is 0.00000200. The van der Waals surface area contributed by atoms with Crippen molar-refractivity contribution in [3.8, 4) is 0 Å². The Morgan fingerprint density at radius 1 is 1.35 bits per heavy atom. The Morgan fingerprint density at radius 3 is 2.60 bits per heavy atom. The van der Waals surface area contributed by atoms with Crippen molar-refractivity contribution in [3.05, 3.63) is 40.9 Å². The number of nitrogens with one attached hydrogen (secondary N) is 1. The molecule has 20 heavy (non-hydrogen) atoms. The van der Waals surface area contributed by atoms with Crippen LogP contribution in [0.15, 0.2) is 29.6 Å². The normalized spacial score (nSPS) is 9.60. The molecular formula is C13H14ClN3O2S. The maximum Gasteiger partial charge on any atom is 0.230 e. The monoisotopic (exact) mass is 311 g/mol. The van der Waals surface area contributed by atoms with Crippen molar-refractivity contribution in [1.82, 2.24) is 4.98 Å². The third-order valence-corrected chi connectivity index (χ3v) is 3.19. The van der Waals surface area contributed by atoms with Gasteiger partial charge in [0.1, 0.15) is 6.29 Å². The lowest BCUT2D eigenvalue weighted by Gasteiger charge is -2.04. The standard InChI is InChI=1S/C13H13N3O2S.ClH/c14-13-16-11(8-19-13)7-12(18)15-10-3-1-9(2-4-10)5-6-17;/h1-4,6,8H,5,7H2,(H2,14,16)(H,15,18);1H. The van der Waals surface area contributed by atoms with E-state index in [9.17, 15) is 9.59 Å². The summed E-state index contributed by atoms with van der Waals surface area (Å²) in [5.41, 5.74) is 7.78. The molecule has 2 aromatic rings. The number of carbonyl (C=O) groups excluding carboxylic acids is 2. The fraction of sp³-hybridized carbons (Fsp3) is 0.154.